The fourth-order valence-electron chi connectivity index (χ4n) is 2.08. The summed E-state index contributed by atoms with van der Waals surface area (Å²) >= 11 is 0. The lowest BCUT2D eigenvalue weighted by Crippen LogP contribution is -1.92. The van der Waals surface area contributed by atoms with Gasteiger partial charge in [-0.1, -0.05) is 42.5 Å². The van der Waals surface area contributed by atoms with Crippen LogP contribution in [0.25, 0.3) is 11.1 Å². The number of hydrogen-bond acceptors (Lipinski definition) is 3. The molecule has 0 atom stereocenters. The van der Waals surface area contributed by atoms with Crippen molar-refractivity contribution in [2.24, 2.45) is 0 Å². The van der Waals surface area contributed by atoms with Crippen LogP contribution in [-0.4, -0.2) is 12.1 Å². The van der Waals surface area contributed by atoms with Gasteiger partial charge < -0.3 is 9.47 Å². The molecule has 3 rings (SSSR count). The SMILES string of the molecule is COc1cc(-c2ccccc2)ccc1Oc1ccccn1. The molecule has 0 N–H and O–H groups in total. The van der Waals surface area contributed by atoms with Gasteiger partial charge in [-0.2, -0.15) is 0 Å². The zero-order chi connectivity index (χ0) is 14.5. The lowest BCUT2D eigenvalue weighted by atomic mass is 10.1. The maximum absolute atomic E-state index is 5.76. The molecule has 104 valence electrons. The van der Waals surface area contributed by atoms with Crippen LogP contribution in [0, 0.1) is 0 Å². The topological polar surface area (TPSA) is 31.4 Å². The number of nitrogens with zero attached hydrogens (tertiary/aromatic N) is 1. The molecule has 0 bridgehead atoms. The third-order valence-electron chi connectivity index (χ3n) is 3.12. The van der Waals surface area contributed by atoms with Gasteiger partial charge in [0.1, 0.15) is 0 Å². The molecule has 2 aromatic carbocycles. The zero-order valence-corrected chi connectivity index (χ0v) is 11.7. The monoisotopic (exact) mass is 277 g/mol. The molecule has 1 heterocycles. The maximum atomic E-state index is 5.76. The third-order valence-corrected chi connectivity index (χ3v) is 3.12. The fraction of sp³-hybridized carbons (Fsp3) is 0.0556. The molecular weight excluding hydrogens is 262 g/mol. The molecule has 0 saturated heterocycles. The minimum absolute atomic E-state index is 0.545. The first-order chi connectivity index (χ1) is 10.4. The predicted octanol–water partition coefficient (Wildman–Crippen LogP) is 4.55. The summed E-state index contributed by atoms with van der Waals surface area (Å²) in [5, 5.41) is 0. The number of rotatable bonds is 4. The average molecular weight is 277 g/mol. The normalized spacial score (nSPS) is 10.1. The maximum Gasteiger partial charge on any atom is 0.219 e. The van der Waals surface area contributed by atoms with Gasteiger partial charge in [-0.15, -0.1) is 0 Å². The summed E-state index contributed by atoms with van der Waals surface area (Å²) in [5.41, 5.74) is 2.22. The van der Waals surface area contributed by atoms with Crippen LogP contribution in [0.1, 0.15) is 0 Å². The van der Waals surface area contributed by atoms with Gasteiger partial charge in [0.15, 0.2) is 11.5 Å². The molecule has 0 fully saturated rings. The summed E-state index contributed by atoms with van der Waals surface area (Å²) in [6.45, 7) is 0. The van der Waals surface area contributed by atoms with Gasteiger partial charge in [0.05, 0.1) is 7.11 Å². The third kappa shape index (κ3) is 3.03. The summed E-state index contributed by atoms with van der Waals surface area (Å²) in [4.78, 5) is 4.15. The van der Waals surface area contributed by atoms with Gasteiger partial charge in [-0.3, -0.25) is 0 Å². The molecule has 0 amide bonds. The Morgan fingerprint density at radius 3 is 2.29 bits per heavy atom. The second kappa shape index (κ2) is 6.09. The van der Waals surface area contributed by atoms with Gasteiger partial charge in [0.2, 0.25) is 5.88 Å². The quantitative estimate of drug-likeness (QED) is 0.701. The van der Waals surface area contributed by atoms with E-state index in [9.17, 15) is 0 Å². The van der Waals surface area contributed by atoms with Crippen molar-refractivity contribution in [2.75, 3.05) is 7.11 Å². The molecule has 0 aliphatic rings. The highest BCUT2D eigenvalue weighted by atomic mass is 16.5. The van der Waals surface area contributed by atoms with Crippen molar-refractivity contribution >= 4 is 0 Å². The van der Waals surface area contributed by atoms with Crippen LogP contribution in [-0.2, 0) is 0 Å². The lowest BCUT2D eigenvalue weighted by Gasteiger charge is -2.11. The van der Waals surface area contributed by atoms with Crippen LogP contribution in [0.5, 0.6) is 17.4 Å². The van der Waals surface area contributed by atoms with E-state index < -0.39 is 0 Å². The Kier molecular flexibility index (Phi) is 3.83. The van der Waals surface area contributed by atoms with Crippen LogP contribution < -0.4 is 9.47 Å². The standard InChI is InChI=1S/C18H15NO2/c1-20-17-13-15(14-7-3-2-4-8-14)10-11-16(17)21-18-9-5-6-12-19-18/h2-13H,1H3. The number of aromatic nitrogens is 1. The predicted molar refractivity (Wildman–Crippen MR) is 82.7 cm³/mol. The van der Waals surface area contributed by atoms with E-state index >= 15 is 0 Å². The molecular formula is C18H15NO2. The molecule has 3 aromatic rings. The first-order valence-corrected chi connectivity index (χ1v) is 6.69. The van der Waals surface area contributed by atoms with Crippen LogP contribution in [0.3, 0.4) is 0 Å². The minimum Gasteiger partial charge on any atom is -0.493 e. The second-order valence-corrected chi connectivity index (χ2v) is 4.50. The highest BCUT2D eigenvalue weighted by Crippen LogP contribution is 2.34. The van der Waals surface area contributed by atoms with Gasteiger partial charge in [0.25, 0.3) is 0 Å². The van der Waals surface area contributed by atoms with E-state index in [1.54, 1.807) is 13.3 Å². The minimum atomic E-state index is 0.545. The van der Waals surface area contributed by atoms with E-state index in [0.29, 0.717) is 17.4 Å². The Morgan fingerprint density at radius 1 is 0.762 bits per heavy atom. The summed E-state index contributed by atoms with van der Waals surface area (Å²) in [6.07, 6.45) is 1.69. The van der Waals surface area contributed by atoms with E-state index in [2.05, 4.69) is 17.1 Å². The average Bonchev–Trinajstić information content (AvgIpc) is 2.57. The van der Waals surface area contributed by atoms with E-state index in [4.69, 9.17) is 9.47 Å². The molecule has 0 aliphatic carbocycles. The Bertz CT molecular complexity index is 712. The van der Waals surface area contributed by atoms with Crippen molar-refractivity contribution < 1.29 is 9.47 Å². The van der Waals surface area contributed by atoms with Crippen LogP contribution in [0.15, 0.2) is 72.9 Å². The molecule has 0 saturated carbocycles. The number of pyridine rings is 1. The Balaban J connectivity index is 1.93. The van der Waals surface area contributed by atoms with Crippen molar-refractivity contribution in [1.29, 1.82) is 0 Å². The Labute approximate surface area is 123 Å². The molecule has 3 heteroatoms. The van der Waals surface area contributed by atoms with Gasteiger partial charge in [-0.25, -0.2) is 4.98 Å². The summed E-state index contributed by atoms with van der Waals surface area (Å²) in [6, 6.07) is 21.6. The number of ether oxygens (including phenoxy) is 2. The first-order valence-electron chi connectivity index (χ1n) is 6.69. The second-order valence-electron chi connectivity index (χ2n) is 4.50. The highest BCUT2D eigenvalue weighted by molar-refractivity contribution is 5.67. The van der Waals surface area contributed by atoms with Crippen molar-refractivity contribution in [1.82, 2.24) is 4.98 Å². The Morgan fingerprint density at radius 2 is 1.57 bits per heavy atom. The Hall–Kier alpha value is -2.81. The van der Waals surface area contributed by atoms with Crippen LogP contribution >= 0.6 is 0 Å². The molecule has 0 radical (unpaired) electrons. The van der Waals surface area contributed by atoms with Crippen LogP contribution in [0.4, 0.5) is 0 Å². The van der Waals surface area contributed by atoms with Crippen molar-refractivity contribution in [2.45, 2.75) is 0 Å². The fourth-order valence-corrected chi connectivity index (χ4v) is 2.08. The number of methoxy groups -OCH3 is 1. The number of benzene rings is 2. The molecule has 3 nitrogen and oxygen atoms in total. The van der Waals surface area contributed by atoms with Crippen molar-refractivity contribution in [3.63, 3.8) is 0 Å². The summed E-state index contributed by atoms with van der Waals surface area (Å²) in [7, 11) is 1.63. The smallest absolute Gasteiger partial charge is 0.219 e. The number of hydrogen-bond donors (Lipinski definition) is 0. The van der Waals surface area contributed by atoms with Crippen LogP contribution in [0.2, 0.25) is 0 Å². The zero-order valence-electron chi connectivity index (χ0n) is 11.7. The molecule has 0 unspecified atom stereocenters. The molecule has 1 aromatic heterocycles. The molecule has 0 spiro atoms. The molecule has 0 aliphatic heterocycles. The first kappa shape index (κ1) is 13.2. The van der Waals surface area contributed by atoms with E-state index in [1.165, 1.54) is 0 Å². The van der Waals surface area contributed by atoms with E-state index in [1.807, 2.05) is 54.6 Å². The van der Waals surface area contributed by atoms with Gasteiger partial charge >= 0.3 is 0 Å². The van der Waals surface area contributed by atoms with E-state index in [-0.39, 0.29) is 0 Å². The lowest BCUT2D eigenvalue weighted by molar-refractivity contribution is 0.374. The van der Waals surface area contributed by atoms with Gasteiger partial charge in [-0.05, 0) is 29.3 Å². The van der Waals surface area contributed by atoms with Crippen molar-refractivity contribution in [3.05, 3.63) is 72.9 Å². The van der Waals surface area contributed by atoms with Crippen molar-refractivity contribution in [3.8, 4) is 28.5 Å². The summed E-state index contributed by atoms with van der Waals surface area (Å²) in [5.74, 6) is 1.88. The van der Waals surface area contributed by atoms with Gasteiger partial charge in [0, 0.05) is 12.3 Å². The highest BCUT2D eigenvalue weighted by Gasteiger charge is 2.08. The van der Waals surface area contributed by atoms with E-state index in [0.717, 1.165) is 11.1 Å². The molecule has 21 heavy (non-hydrogen) atoms. The largest absolute Gasteiger partial charge is 0.493 e. The summed E-state index contributed by atoms with van der Waals surface area (Å²) < 4.78 is 11.2.